The van der Waals surface area contributed by atoms with E-state index in [9.17, 15) is 4.79 Å². The Bertz CT molecular complexity index is 594. The van der Waals surface area contributed by atoms with E-state index >= 15 is 0 Å². The second-order valence-electron chi connectivity index (χ2n) is 4.24. The maximum absolute atomic E-state index is 12.1. The number of hydrogen-bond acceptors (Lipinski definition) is 1. The van der Waals surface area contributed by atoms with Gasteiger partial charge in [0.25, 0.3) is 0 Å². The van der Waals surface area contributed by atoms with E-state index in [1.165, 1.54) is 0 Å². The van der Waals surface area contributed by atoms with Crippen LogP contribution >= 0.6 is 15.9 Å². The molecule has 4 heteroatoms. The molecule has 2 amide bonds. The summed E-state index contributed by atoms with van der Waals surface area (Å²) in [5.74, 6) is 0. The van der Waals surface area contributed by atoms with Crippen molar-refractivity contribution in [3.63, 3.8) is 0 Å². The molecule has 3 nitrogen and oxygen atoms in total. The van der Waals surface area contributed by atoms with Gasteiger partial charge in [0, 0.05) is 22.9 Å². The van der Waals surface area contributed by atoms with Crippen LogP contribution in [0, 0.1) is 0 Å². The van der Waals surface area contributed by atoms with Crippen LogP contribution in [0.25, 0.3) is 10.8 Å². The SMILES string of the molecule is CCN(CC)C(=O)Nc1ccc(Br)c2ccccc12. The fraction of sp³-hybridized carbons (Fsp3) is 0.267. The molecule has 0 heterocycles. The minimum Gasteiger partial charge on any atom is -0.325 e. The number of carbonyl (C=O) groups is 1. The number of halogens is 1. The van der Waals surface area contributed by atoms with Crippen molar-refractivity contribution in [1.29, 1.82) is 0 Å². The molecular weight excluding hydrogens is 304 g/mol. The molecule has 0 saturated heterocycles. The van der Waals surface area contributed by atoms with Crippen molar-refractivity contribution in [2.75, 3.05) is 18.4 Å². The van der Waals surface area contributed by atoms with E-state index < -0.39 is 0 Å². The molecule has 0 spiro atoms. The van der Waals surface area contributed by atoms with Gasteiger partial charge in [-0.25, -0.2) is 4.79 Å². The van der Waals surface area contributed by atoms with E-state index in [1.807, 2.05) is 50.2 Å². The molecule has 0 fully saturated rings. The minimum atomic E-state index is -0.0579. The molecule has 0 aliphatic carbocycles. The highest BCUT2D eigenvalue weighted by Crippen LogP contribution is 2.30. The first-order valence-electron chi connectivity index (χ1n) is 6.40. The van der Waals surface area contributed by atoms with E-state index in [0.717, 1.165) is 20.9 Å². The van der Waals surface area contributed by atoms with Crippen LogP contribution in [0.4, 0.5) is 10.5 Å². The molecule has 1 N–H and O–H groups in total. The lowest BCUT2D eigenvalue weighted by Crippen LogP contribution is -2.34. The predicted molar refractivity (Wildman–Crippen MR) is 83.6 cm³/mol. The number of hydrogen-bond donors (Lipinski definition) is 1. The van der Waals surface area contributed by atoms with Crippen LogP contribution in [0.3, 0.4) is 0 Å². The van der Waals surface area contributed by atoms with Crippen LogP contribution in [-0.4, -0.2) is 24.0 Å². The van der Waals surface area contributed by atoms with Crippen molar-refractivity contribution in [1.82, 2.24) is 4.90 Å². The van der Waals surface area contributed by atoms with Crippen LogP contribution in [-0.2, 0) is 0 Å². The topological polar surface area (TPSA) is 32.3 Å². The quantitative estimate of drug-likeness (QED) is 0.888. The third-order valence-corrected chi connectivity index (χ3v) is 3.85. The molecular formula is C15H17BrN2O. The number of carbonyl (C=O) groups excluding carboxylic acids is 1. The van der Waals surface area contributed by atoms with E-state index in [0.29, 0.717) is 13.1 Å². The third kappa shape index (κ3) is 2.89. The van der Waals surface area contributed by atoms with Gasteiger partial charge >= 0.3 is 6.03 Å². The molecule has 2 aromatic rings. The molecule has 0 bridgehead atoms. The van der Waals surface area contributed by atoms with E-state index in [4.69, 9.17) is 0 Å². The van der Waals surface area contributed by atoms with Crippen molar-refractivity contribution >= 4 is 38.4 Å². The van der Waals surface area contributed by atoms with Crippen LogP contribution in [0.1, 0.15) is 13.8 Å². The molecule has 19 heavy (non-hydrogen) atoms. The molecule has 0 unspecified atom stereocenters. The van der Waals surface area contributed by atoms with Crippen LogP contribution in [0.5, 0.6) is 0 Å². The van der Waals surface area contributed by atoms with Crippen molar-refractivity contribution in [2.24, 2.45) is 0 Å². The number of nitrogens with zero attached hydrogens (tertiary/aromatic N) is 1. The molecule has 100 valence electrons. The Balaban J connectivity index is 2.36. The molecule has 0 aliphatic rings. The van der Waals surface area contributed by atoms with Crippen molar-refractivity contribution in [3.05, 3.63) is 40.9 Å². The fourth-order valence-corrected chi connectivity index (χ4v) is 2.55. The molecule has 0 radical (unpaired) electrons. The normalized spacial score (nSPS) is 10.5. The average molecular weight is 321 g/mol. The summed E-state index contributed by atoms with van der Waals surface area (Å²) in [6.45, 7) is 5.36. The van der Waals surface area contributed by atoms with Gasteiger partial charge in [-0.05, 0) is 31.4 Å². The summed E-state index contributed by atoms with van der Waals surface area (Å²) in [7, 11) is 0. The highest BCUT2D eigenvalue weighted by molar-refractivity contribution is 9.10. The summed E-state index contributed by atoms with van der Waals surface area (Å²) in [5.41, 5.74) is 0.843. The largest absolute Gasteiger partial charge is 0.325 e. The molecule has 0 atom stereocenters. The number of rotatable bonds is 3. The van der Waals surface area contributed by atoms with E-state index in [-0.39, 0.29) is 6.03 Å². The zero-order chi connectivity index (χ0) is 13.8. The van der Waals surface area contributed by atoms with E-state index in [1.54, 1.807) is 4.90 Å². The first-order chi connectivity index (χ1) is 9.17. The van der Waals surface area contributed by atoms with Gasteiger partial charge < -0.3 is 10.2 Å². The Hall–Kier alpha value is -1.55. The van der Waals surface area contributed by atoms with Gasteiger partial charge in [-0.3, -0.25) is 0 Å². The lowest BCUT2D eigenvalue weighted by atomic mass is 10.1. The van der Waals surface area contributed by atoms with Gasteiger partial charge in [-0.1, -0.05) is 40.2 Å². The predicted octanol–water partition coefficient (Wildman–Crippen LogP) is 4.48. The Kier molecular flexibility index (Phi) is 4.43. The molecule has 2 rings (SSSR count). The van der Waals surface area contributed by atoms with Gasteiger partial charge in [-0.2, -0.15) is 0 Å². The second-order valence-corrected chi connectivity index (χ2v) is 5.10. The molecule has 2 aromatic carbocycles. The van der Waals surface area contributed by atoms with Crippen LogP contribution < -0.4 is 5.32 Å². The Morgan fingerprint density at radius 3 is 2.37 bits per heavy atom. The van der Waals surface area contributed by atoms with Crippen molar-refractivity contribution < 1.29 is 4.79 Å². The molecule has 0 saturated carbocycles. The van der Waals surface area contributed by atoms with Gasteiger partial charge in [0.2, 0.25) is 0 Å². The standard InChI is InChI=1S/C15H17BrN2O/c1-3-18(4-2)15(19)17-14-10-9-13(16)11-7-5-6-8-12(11)14/h5-10H,3-4H2,1-2H3,(H,17,19). The second kappa shape index (κ2) is 6.06. The molecule has 0 aliphatic heterocycles. The zero-order valence-electron chi connectivity index (χ0n) is 11.1. The van der Waals surface area contributed by atoms with Gasteiger partial charge in [0.05, 0.1) is 5.69 Å². The number of anilines is 1. The van der Waals surface area contributed by atoms with E-state index in [2.05, 4.69) is 21.2 Å². The zero-order valence-corrected chi connectivity index (χ0v) is 12.7. The average Bonchev–Trinajstić information content (AvgIpc) is 2.44. The Morgan fingerprint density at radius 1 is 1.11 bits per heavy atom. The Labute approximate surface area is 121 Å². The highest BCUT2D eigenvalue weighted by Gasteiger charge is 2.11. The monoisotopic (exact) mass is 320 g/mol. The van der Waals surface area contributed by atoms with Crippen LogP contribution in [0.2, 0.25) is 0 Å². The third-order valence-electron chi connectivity index (χ3n) is 3.16. The number of fused-ring (bicyclic) bond motifs is 1. The maximum atomic E-state index is 12.1. The first-order valence-corrected chi connectivity index (χ1v) is 7.19. The summed E-state index contributed by atoms with van der Waals surface area (Å²) >= 11 is 3.53. The number of urea groups is 1. The molecule has 0 aromatic heterocycles. The maximum Gasteiger partial charge on any atom is 0.321 e. The van der Waals surface area contributed by atoms with Crippen molar-refractivity contribution in [2.45, 2.75) is 13.8 Å². The van der Waals surface area contributed by atoms with Gasteiger partial charge in [-0.15, -0.1) is 0 Å². The minimum absolute atomic E-state index is 0.0579. The summed E-state index contributed by atoms with van der Waals surface area (Å²) in [6, 6.07) is 11.8. The number of amides is 2. The number of nitrogens with one attached hydrogen (secondary N) is 1. The summed E-state index contributed by atoms with van der Waals surface area (Å²) in [6.07, 6.45) is 0. The Morgan fingerprint density at radius 2 is 1.74 bits per heavy atom. The van der Waals surface area contributed by atoms with Gasteiger partial charge in [0.15, 0.2) is 0 Å². The summed E-state index contributed by atoms with van der Waals surface area (Å²) in [5, 5.41) is 5.12. The van der Waals surface area contributed by atoms with Crippen molar-refractivity contribution in [3.8, 4) is 0 Å². The smallest absolute Gasteiger partial charge is 0.321 e. The number of benzene rings is 2. The highest BCUT2D eigenvalue weighted by atomic mass is 79.9. The lowest BCUT2D eigenvalue weighted by Gasteiger charge is -2.20. The summed E-state index contributed by atoms with van der Waals surface area (Å²) in [4.78, 5) is 13.9. The van der Waals surface area contributed by atoms with Gasteiger partial charge in [0.1, 0.15) is 0 Å². The first kappa shape index (κ1) is 13.9. The summed E-state index contributed by atoms with van der Waals surface area (Å²) < 4.78 is 1.03. The van der Waals surface area contributed by atoms with Crippen LogP contribution in [0.15, 0.2) is 40.9 Å². The lowest BCUT2D eigenvalue weighted by molar-refractivity contribution is 0.217. The fourth-order valence-electron chi connectivity index (χ4n) is 2.08.